The minimum Gasteiger partial charge on any atom is -0.456 e. The van der Waals surface area contributed by atoms with Gasteiger partial charge >= 0.3 is 0 Å². The number of pyridine rings is 1. The zero-order valence-corrected chi connectivity index (χ0v) is 20.9. The van der Waals surface area contributed by atoms with E-state index in [1.807, 2.05) is 52.1 Å². The summed E-state index contributed by atoms with van der Waals surface area (Å²) in [4.78, 5) is 3.81. The molecule has 2 aromatic heterocycles. The molecule has 1 saturated carbocycles. The predicted octanol–water partition coefficient (Wildman–Crippen LogP) is 8.49. The van der Waals surface area contributed by atoms with Crippen LogP contribution in [-0.2, 0) is 13.4 Å². The summed E-state index contributed by atoms with van der Waals surface area (Å²) in [6.07, 6.45) is 3.28. The fourth-order valence-electron chi connectivity index (χ4n) is 5.37. The zero-order chi connectivity index (χ0) is 26.7. The van der Waals surface area contributed by atoms with Crippen molar-refractivity contribution in [3.63, 3.8) is 0 Å². The summed E-state index contributed by atoms with van der Waals surface area (Å²) in [7, 11) is 2.00. The highest BCUT2D eigenvalue weighted by Gasteiger charge is 2.25. The highest BCUT2D eigenvalue weighted by Crippen LogP contribution is 2.43. The molecule has 1 aliphatic rings. The van der Waals surface area contributed by atoms with Crippen LogP contribution in [-0.4, -0.2) is 0 Å². The van der Waals surface area contributed by atoms with Crippen molar-refractivity contribution in [2.45, 2.75) is 72.1 Å². The molecule has 0 amide bonds. The van der Waals surface area contributed by atoms with Crippen LogP contribution in [0.2, 0.25) is 0 Å². The average Bonchev–Trinajstić information content (AvgIpc) is 3.22. The molecule has 3 nitrogen and oxygen atoms in total. The van der Waals surface area contributed by atoms with E-state index in [9.17, 15) is 1.37 Å². The van der Waals surface area contributed by atoms with Crippen LogP contribution < -0.4 is 4.57 Å². The van der Waals surface area contributed by atoms with Crippen molar-refractivity contribution in [3.05, 3.63) is 70.2 Å². The summed E-state index contributed by atoms with van der Waals surface area (Å²) in [5.74, 6) is -0.901. The average molecular weight is 455 g/mol. The Morgan fingerprint density at radius 2 is 1.88 bits per heavy atom. The number of benzene rings is 2. The maximum absolute atomic E-state index is 9.21. The lowest BCUT2D eigenvalue weighted by Gasteiger charge is -2.23. The molecule has 2 heterocycles. The van der Waals surface area contributed by atoms with Crippen LogP contribution in [0.25, 0.3) is 38.0 Å². The molecule has 1 aliphatic carbocycles. The van der Waals surface area contributed by atoms with Gasteiger partial charge in [-0.15, -0.1) is 0 Å². The van der Waals surface area contributed by atoms with Crippen LogP contribution in [0.3, 0.4) is 0 Å². The van der Waals surface area contributed by atoms with Gasteiger partial charge in [0.25, 0.3) is 0 Å². The van der Waals surface area contributed by atoms with E-state index >= 15 is 0 Å². The fraction of sp³-hybridized carbons (Fsp3) is 0.419. The third-order valence-corrected chi connectivity index (χ3v) is 7.18. The van der Waals surface area contributed by atoms with Crippen molar-refractivity contribution in [1.82, 2.24) is 0 Å². The van der Waals surface area contributed by atoms with Gasteiger partial charge < -0.3 is 4.42 Å². The normalized spacial score (nSPS) is 17.5. The van der Waals surface area contributed by atoms with Crippen molar-refractivity contribution in [2.75, 3.05) is 0 Å². The van der Waals surface area contributed by atoms with Gasteiger partial charge in [0, 0.05) is 33.9 Å². The van der Waals surface area contributed by atoms with Gasteiger partial charge in [-0.1, -0.05) is 51.3 Å². The smallest absolute Gasteiger partial charge is 0.216 e. The molecule has 1 fully saturated rings. The minimum atomic E-state index is -1.47. The molecule has 0 radical (unpaired) electrons. The molecular formula is C31H35N2O+. The van der Waals surface area contributed by atoms with Gasteiger partial charge in [0.15, 0.2) is 11.4 Å². The third-order valence-electron chi connectivity index (χ3n) is 7.18. The molecule has 0 saturated heterocycles. The van der Waals surface area contributed by atoms with Crippen molar-refractivity contribution in [2.24, 2.45) is 13.0 Å². The lowest BCUT2D eigenvalue weighted by atomic mass is 9.83. The van der Waals surface area contributed by atoms with E-state index in [1.54, 1.807) is 0 Å². The minimum absolute atomic E-state index is 0.169. The maximum Gasteiger partial charge on any atom is 0.216 e. The van der Waals surface area contributed by atoms with Crippen molar-refractivity contribution in [1.29, 1.82) is 0 Å². The Hall–Kier alpha value is -3.12. The van der Waals surface area contributed by atoms with Crippen molar-refractivity contribution in [3.8, 4) is 11.3 Å². The lowest BCUT2D eigenvalue weighted by molar-refractivity contribution is -0.666. The van der Waals surface area contributed by atoms with Crippen LogP contribution in [0.1, 0.15) is 78.3 Å². The highest BCUT2D eigenvalue weighted by atomic mass is 16.3. The molecule has 0 aliphatic heterocycles. The largest absolute Gasteiger partial charge is 0.456 e. The van der Waals surface area contributed by atoms with Crippen LogP contribution in [0.5, 0.6) is 0 Å². The third kappa shape index (κ3) is 3.90. The molecule has 34 heavy (non-hydrogen) atoms. The zero-order valence-electron chi connectivity index (χ0n) is 23.9. The SMILES string of the molecule is [2H]C1(c2cc3c(cc2[N+]#[C-])oc2c(-c4cc(C([2H])([2H])C(C)C)cc(C)[n+]4C)c(C)ccc23)CCCCC1. The van der Waals surface area contributed by atoms with E-state index in [-0.39, 0.29) is 5.92 Å². The van der Waals surface area contributed by atoms with Crippen LogP contribution in [0.15, 0.2) is 40.8 Å². The lowest BCUT2D eigenvalue weighted by Crippen LogP contribution is -2.35. The van der Waals surface area contributed by atoms with Gasteiger partial charge in [0.1, 0.15) is 18.2 Å². The summed E-state index contributed by atoms with van der Waals surface area (Å²) in [5, 5.41) is 1.90. The number of nitrogens with zero attached hydrogens (tertiary/aromatic N) is 2. The number of aromatic nitrogens is 1. The number of aryl methyl sites for hydroxylation is 2. The van der Waals surface area contributed by atoms with Gasteiger partial charge in [-0.3, -0.25) is 0 Å². The highest BCUT2D eigenvalue weighted by molar-refractivity contribution is 6.10. The summed E-state index contributed by atoms with van der Waals surface area (Å²) in [5.41, 5.74) is 7.22. The fourth-order valence-corrected chi connectivity index (χ4v) is 5.37. The Bertz CT molecular complexity index is 1570. The van der Waals surface area contributed by atoms with Gasteiger partial charge in [-0.05, 0) is 60.7 Å². The second-order valence-corrected chi connectivity index (χ2v) is 10.0. The summed E-state index contributed by atoms with van der Waals surface area (Å²) < 4.78 is 35.2. The molecule has 3 heteroatoms. The van der Waals surface area contributed by atoms with Gasteiger partial charge in [-0.2, -0.15) is 4.57 Å². The monoisotopic (exact) mass is 454 g/mol. The van der Waals surface area contributed by atoms with Crippen molar-refractivity contribution < 1.29 is 13.1 Å². The molecule has 0 N–H and O–H groups in total. The Kier molecular flexibility index (Phi) is 5.04. The number of furan rings is 1. The standard InChI is InChI=1S/C31H35N2O/c1-19(2)14-22-15-21(4)33(6)28(16-22)30-20(3)12-13-24-26-17-25(23-10-8-7-9-11-23)27(32-5)18-29(26)34-31(24)30/h12-13,15-19,23H,7-11,14H2,1-4,6H3/q+1/i14D2,23D. The van der Waals surface area contributed by atoms with E-state index in [0.29, 0.717) is 16.8 Å². The van der Waals surface area contributed by atoms with Crippen LogP contribution in [0, 0.1) is 26.3 Å². The molecule has 0 unspecified atom stereocenters. The number of fused-ring (bicyclic) bond motifs is 3. The van der Waals surface area contributed by atoms with E-state index in [4.69, 9.17) is 13.7 Å². The van der Waals surface area contributed by atoms with Crippen LogP contribution in [0.4, 0.5) is 5.69 Å². The first kappa shape index (κ1) is 19.2. The second kappa shape index (κ2) is 8.91. The van der Waals surface area contributed by atoms with E-state index in [1.165, 1.54) is 0 Å². The Balaban J connectivity index is 1.80. The van der Waals surface area contributed by atoms with E-state index in [0.717, 1.165) is 76.5 Å². The number of rotatable bonds is 4. The topological polar surface area (TPSA) is 21.4 Å². The second-order valence-electron chi connectivity index (χ2n) is 10.0. The molecule has 4 aromatic rings. The molecule has 0 atom stereocenters. The first-order valence-corrected chi connectivity index (χ1v) is 12.4. The Morgan fingerprint density at radius 1 is 1.12 bits per heavy atom. The molecule has 0 bridgehead atoms. The molecule has 174 valence electrons. The van der Waals surface area contributed by atoms with Crippen LogP contribution >= 0.6 is 0 Å². The molecule has 0 spiro atoms. The Labute approximate surface area is 207 Å². The Morgan fingerprint density at radius 3 is 2.59 bits per heavy atom. The van der Waals surface area contributed by atoms with E-state index < -0.39 is 12.3 Å². The summed E-state index contributed by atoms with van der Waals surface area (Å²) in [6, 6.07) is 11.9. The van der Waals surface area contributed by atoms with Gasteiger partial charge in [0.2, 0.25) is 5.69 Å². The summed E-state index contributed by atoms with van der Waals surface area (Å²) in [6.45, 7) is 15.7. The number of hydrogen-bond donors (Lipinski definition) is 0. The molecule has 2 aromatic carbocycles. The maximum atomic E-state index is 9.21. The first-order chi connectivity index (χ1) is 17.5. The van der Waals surface area contributed by atoms with E-state index in [2.05, 4.69) is 28.5 Å². The molecule has 5 rings (SSSR count). The summed E-state index contributed by atoms with van der Waals surface area (Å²) >= 11 is 0. The first-order valence-electron chi connectivity index (χ1n) is 13.9. The number of hydrogen-bond acceptors (Lipinski definition) is 1. The van der Waals surface area contributed by atoms with Crippen molar-refractivity contribution >= 4 is 27.6 Å². The quantitative estimate of drug-likeness (QED) is 0.224. The predicted molar refractivity (Wildman–Crippen MR) is 140 cm³/mol. The van der Waals surface area contributed by atoms with Gasteiger partial charge in [0.05, 0.1) is 12.1 Å². The van der Waals surface area contributed by atoms with Gasteiger partial charge in [-0.25, -0.2) is 4.85 Å². The molecular weight excluding hydrogens is 416 g/mol.